The summed E-state index contributed by atoms with van der Waals surface area (Å²) >= 11 is 0. The van der Waals surface area contributed by atoms with Gasteiger partial charge in [-0.2, -0.15) is 0 Å². The second-order valence-corrected chi connectivity index (χ2v) is 6.21. The molecule has 5 heteroatoms. The second kappa shape index (κ2) is 5.99. The first-order chi connectivity index (χ1) is 8.22. The normalized spacial score (nSPS) is 21.2. The highest BCUT2D eigenvalue weighted by Gasteiger charge is 2.33. The van der Waals surface area contributed by atoms with Crippen molar-refractivity contribution in [1.29, 1.82) is 0 Å². The molecule has 1 aliphatic rings. The Morgan fingerprint density at radius 1 is 1.56 bits per heavy atom. The maximum atomic E-state index is 11.6. The first-order valence-electron chi connectivity index (χ1n) is 6.56. The Kier molecular flexibility index (Phi) is 5.13. The molecular weight excluding hydrogens is 232 g/mol. The summed E-state index contributed by atoms with van der Waals surface area (Å²) in [7, 11) is 0. The molecule has 0 bridgehead atoms. The Balaban J connectivity index is 2.20. The van der Waals surface area contributed by atoms with E-state index in [1.165, 1.54) is 0 Å². The van der Waals surface area contributed by atoms with E-state index in [2.05, 4.69) is 10.6 Å². The Hall–Kier alpha value is -0.650. The lowest BCUT2D eigenvalue weighted by Gasteiger charge is -2.38. The largest absolute Gasteiger partial charge is 0.388 e. The van der Waals surface area contributed by atoms with E-state index < -0.39 is 5.60 Å². The van der Waals surface area contributed by atoms with Crippen LogP contribution in [0.25, 0.3) is 0 Å². The van der Waals surface area contributed by atoms with Crippen molar-refractivity contribution in [2.24, 2.45) is 5.92 Å². The van der Waals surface area contributed by atoms with Crippen molar-refractivity contribution in [2.45, 2.75) is 45.3 Å². The molecule has 1 atom stereocenters. The van der Waals surface area contributed by atoms with Gasteiger partial charge < -0.3 is 20.5 Å². The zero-order chi connectivity index (χ0) is 13.8. The standard InChI is InChI=1S/C13H26N2O3/c1-10(2)5-12(3,17)7-15-11(16)6-18-13(4)8-14-9-13/h10,14,17H,5-9H2,1-4H3,(H,15,16). The number of amides is 1. The molecule has 0 aromatic carbocycles. The molecule has 0 radical (unpaired) electrons. The van der Waals surface area contributed by atoms with Gasteiger partial charge >= 0.3 is 0 Å². The van der Waals surface area contributed by atoms with Crippen molar-refractivity contribution in [3.8, 4) is 0 Å². The van der Waals surface area contributed by atoms with Crippen LogP contribution in [-0.4, -0.2) is 48.5 Å². The molecule has 1 fully saturated rings. The predicted molar refractivity (Wildman–Crippen MR) is 70.3 cm³/mol. The number of nitrogens with one attached hydrogen (secondary N) is 2. The minimum atomic E-state index is -0.855. The number of hydrogen-bond donors (Lipinski definition) is 3. The minimum absolute atomic E-state index is 0.0515. The monoisotopic (exact) mass is 258 g/mol. The van der Waals surface area contributed by atoms with Crippen LogP contribution in [0.1, 0.15) is 34.1 Å². The van der Waals surface area contributed by atoms with E-state index in [1.807, 2.05) is 20.8 Å². The SMILES string of the molecule is CC(C)CC(C)(O)CNC(=O)COC1(C)CNC1. The first kappa shape index (κ1) is 15.4. The number of aliphatic hydroxyl groups is 1. The Bertz CT molecular complexity index is 286. The molecule has 3 N–H and O–H groups in total. The molecule has 0 aliphatic carbocycles. The van der Waals surface area contributed by atoms with E-state index in [0.717, 1.165) is 13.1 Å². The first-order valence-corrected chi connectivity index (χ1v) is 6.56. The number of ether oxygens (including phenoxy) is 1. The van der Waals surface area contributed by atoms with E-state index in [4.69, 9.17) is 4.74 Å². The fraction of sp³-hybridized carbons (Fsp3) is 0.923. The Labute approximate surface area is 109 Å². The third kappa shape index (κ3) is 5.33. The van der Waals surface area contributed by atoms with Crippen molar-refractivity contribution >= 4 is 5.91 Å². The molecule has 1 heterocycles. The van der Waals surface area contributed by atoms with Crippen LogP contribution in [0.2, 0.25) is 0 Å². The lowest BCUT2D eigenvalue weighted by Crippen LogP contribution is -2.59. The number of carbonyl (C=O) groups excluding carboxylic acids is 1. The van der Waals surface area contributed by atoms with E-state index in [1.54, 1.807) is 6.92 Å². The maximum absolute atomic E-state index is 11.6. The zero-order valence-electron chi connectivity index (χ0n) is 11.9. The minimum Gasteiger partial charge on any atom is -0.388 e. The van der Waals surface area contributed by atoms with Crippen LogP contribution < -0.4 is 10.6 Å². The van der Waals surface area contributed by atoms with E-state index in [0.29, 0.717) is 12.3 Å². The smallest absolute Gasteiger partial charge is 0.246 e. The van der Waals surface area contributed by atoms with Crippen LogP contribution in [-0.2, 0) is 9.53 Å². The summed E-state index contributed by atoms with van der Waals surface area (Å²) in [5.74, 6) is 0.222. The predicted octanol–water partition coefficient (Wildman–Crippen LogP) is 0.278. The summed E-state index contributed by atoms with van der Waals surface area (Å²) in [6.45, 7) is 9.69. The summed E-state index contributed by atoms with van der Waals surface area (Å²) in [5, 5.41) is 15.9. The molecular formula is C13H26N2O3. The molecule has 1 amide bonds. The molecule has 1 saturated heterocycles. The molecule has 1 aliphatic heterocycles. The number of rotatable bonds is 7. The Morgan fingerprint density at radius 2 is 2.17 bits per heavy atom. The molecule has 1 unspecified atom stereocenters. The van der Waals surface area contributed by atoms with Crippen molar-refractivity contribution < 1.29 is 14.6 Å². The van der Waals surface area contributed by atoms with Gasteiger partial charge in [-0.15, -0.1) is 0 Å². The van der Waals surface area contributed by atoms with Gasteiger partial charge in [0.25, 0.3) is 0 Å². The summed E-state index contributed by atoms with van der Waals surface area (Å²) < 4.78 is 5.52. The van der Waals surface area contributed by atoms with Crippen LogP contribution in [0.3, 0.4) is 0 Å². The van der Waals surface area contributed by atoms with Gasteiger partial charge in [0.1, 0.15) is 6.61 Å². The van der Waals surface area contributed by atoms with Gasteiger partial charge in [0, 0.05) is 19.6 Å². The van der Waals surface area contributed by atoms with Crippen LogP contribution >= 0.6 is 0 Å². The highest BCUT2D eigenvalue weighted by atomic mass is 16.5. The lowest BCUT2D eigenvalue weighted by atomic mass is 9.94. The third-order valence-electron chi connectivity index (χ3n) is 3.06. The van der Waals surface area contributed by atoms with Crippen LogP contribution in [0.4, 0.5) is 0 Å². The fourth-order valence-corrected chi connectivity index (χ4v) is 2.11. The second-order valence-electron chi connectivity index (χ2n) is 6.21. The van der Waals surface area contributed by atoms with Gasteiger partial charge in [-0.05, 0) is 26.2 Å². The molecule has 1 rings (SSSR count). The van der Waals surface area contributed by atoms with Crippen LogP contribution in [0.15, 0.2) is 0 Å². The van der Waals surface area contributed by atoms with Gasteiger partial charge in [0.15, 0.2) is 0 Å². The van der Waals surface area contributed by atoms with Crippen molar-refractivity contribution in [1.82, 2.24) is 10.6 Å². The van der Waals surface area contributed by atoms with E-state index >= 15 is 0 Å². The number of hydrogen-bond acceptors (Lipinski definition) is 4. The summed E-state index contributed by atoms with van der Waals surface area (Å²) in [4.78, 5) is 11.6. The fourth-order valence-electron chi connectivity index (χ4n) is 2.11. The quantitative estimate of drug-likeness (QED) is 0.613. The summed E-state index contributed by atoms with van der Waals surface area (Å²) in [6, 6.07) is 0. The van der Waals surface area contributed by atoms with E-state index in [9.17, 15) is 9.90 Å². The zero-order valence-corrected chi connectivity index (χ0v) is 11.9. The van der Waals surface area contributed by atoms with Gasteiger partial charge in [0.05, 0.1) is 11.2 Å². The molecule has 0 aromatic heterocycles. The lowest BCUT2D eigenvalue weighted by molar-refractivity contribution is -0.137. The van der Waals surface area contributed by atoms with Crippen LogP contribution in [0.5, 0.6) is 0 Å². The molecule has 0 aromatic rings. The van der Waals surface area contributed by atoms with Crippen molar-refractivity contribution in [3.63, 3.8) is 0 Å². The van der Waals surface area contributed by atoms with Gasteiger partial charge in [-0.3, -0.25) is 4.79 Å². The van der Waals surface area contributed by atoms with E-state index in [-0.39, 0.29) is 24.7 Å². The molecule has 106 valence electrons. The average Bonchev–Trinajstić information content (AvgIpc) is 2.19. The third-order valence-corrected chi connectivity index (χ3v) is 3.06. The molecule has 0 saturated carbocycles. The average molecular weight is 258 g/mol. The van der Waals surface area contributed by atoms with Gasteiger partial charge in [-0.25, -0.2) is 0 Å². The number of carbonyl (C=O) groups is 1. The molecule has 0 spiro atoms. The van der Waals surface area contributed by atoms with Gasteiger partial charge in [-0.1, -0.05) is 13.8 Å². The highest BCUT2D eigenvalue weighted by Crippen LogP contribution is 2.16. The maximum Gasteiger partial charge on any atom is 0.246 e. The van der Waals surface area contributed by atoms with Crippen molar-refractivity contribution in [2.75, 3.05) is 26.2 Å². The van der Waals surface area contributed by atoms with Crippen LogP contribution in [0, 0.1) is 5.92 Å². The molecule has 18 heavy (non-hydrogen) atoms. The van der Waals surface area contributed by atoms with Gasteiger partial charge in [0.2, 0.25) is 5.91 Å². The molecule has 5 nitrogen and oxygen atoms in total. The summed E-state index contributed by atoms with van der Waals surface area (Å²) in [6.07, 6.45) is 0.662. The van der Waals surface area contributed by atoms with Crippen molar-refractivity contribution in [3.05, 3.63) is 0 Å². The topological polar surface area (TPSA) is 70.6 Å². The Morgan fingerprint density at radius 3 is 2.61 bits per heavy atom. The summed E-state index contributed by atoms with van der Waals surface area (Å²) in [5.41, 5.74) is -1.07. The highest BCUT2D eigenvalue weighted by molar-refractivity contribution is 5.77.